The van der Waals surface area contributed by atoms with Crippen LogP contribution in [0.3, 0.4) is 0 Å². The van der Waals surface area contributed by atoms with E-state index in [1.165, 1.54) is 16.9 Å². The molecule has 0 atom stereocenters. The van der Waals surface area contributed by atoms with E-state index in [1.807, 2.05) is 6.92 Å². The third kappa shape index (κ3) is 2.76. The summed E-state index contributed by atoms with van der Waals surface area (Å²) < 4.78 is 25.8. The highest BCUT2D eigenvalue weighted by Gasteiger charge is 2.21. The van der Waals surface area contributed by atoms with Crippen molar-refractivity contribution in [2.45, 2.75) is 37.7 Å². The Labute approximate surface area is 112 Å². The summed E-state index contributed by atoms with van der Waals surface area (Å²) in [5.74, 6) is 0.104. The highest BCUT2D eigenvalue weighted by Crippen LogP contribution is 2.18. The van der Waals surface area contributed by atoms with Crippen LogP contribution < -0.4 is 0 Å². The number of aliphatic hydroxyl groups excluding tert-OH is 1. The summed E-state index contributed by atoms with van der Waals surface area (Å²) in [6.45, 7) is 1.81. The lowest BCUT2D eigenvalue weighted by molar-refractivity contribution is 0.273. The van der Waals surface area contributed by atoms with Gasteiger partial charge in [0, 0.05) is 6.20 Å². The maximum atomic E-state index is 12.2. The molecular weight excluding hydrogens is 266 g/mol. The predicted octanol–water partition coefficient (Wildman–Crippen LogP) is 1.19. The molecule has 7 heteroatoms. The molecule has 0 aliphatic heterocycles. The van der Waals surface area contributed by atoms with E-state index in [9.17, 15) is 13.5 Å². The number of nitrogens with zero attached hydrogens (tertiary/aromatic N) is 3. The summed E-state index contributed by atoms with van der Waals surface area (Å²) in [6, 6.07) is 1.60. The van der Waals surface area contributed by atoms with Crippen molar-refractivity contribution < 1.29 is 13.5 Å². The van der Waals surface area contributed by atoms with Crippen LogP contribution in [0.5, 0.6) is 0 Å². The molecule has 0 radical (unpaired) electrons. The molecule has 6 nitrogen and oxygen atoms in total. The molecule has 0 spiro atoms. The monoisotopic (exact) mass is 283 g/mol. The topological polar surface area (TPSA) is 84.6 Å². The maximum absolute atomic E-state index is 12.2. The van der Waals surface area contributed by atoms with E-state index in [2.05, 4.69) is 10.1 Å². The summed E-state index contributed by atoms with van der Waals surface area (Å²) in [4.78, 5) is 4.19. The molecule has 2 aromatic heterocycles. The Morgan fingerprint density at radius 1 is 1.37 bits per heavy atom. The third-order valence-electron chi connectivity index (χ3n) is 2.96. The minimum absolute atomic E-state index is 0.104. The normalized spacial score (nSPS) is 12.1. The third-order valence-corrected chi connectivity index (χ3v) is 4.75. The molecular formula is C12H17N3O3S. The van der Waals surface area contributed by atoms with Gasteiger partial charge in [0.2, 0.25) is 0 Å². The van der Waals surface area contributed by atoms with Gasteiger partial charge in [0.05, 0.1) is 24.3 Å². The molecule has 0 bridgehead atoms. The Morgan fingerprint density at radius 2 is 2.16 bits per heavy atom. The fourth-order valence-electron chi connectivity index (χ4n) is 1.91. The molecule has 0 aliphatic carbocycles. The van der Waals surface area contributed by atoms with Crippen molar-refractivity contribution in [2.24, 2.45) is 0 Å². The number of sulfone groups is 1. The van der Waals surface area contributed by atoms with Gasteiger partial charge in [0.25, 0.3) is 0 Å². The van der Waals surface area contributed by atoms with Crippen molar-refractivity contribution in [3.8, 4) is 0 Å². The van der Waals surface area contributed by atoms with Gasteiger partial charge in [-0.2, -0.15) is 5.10 Å². The number of hydrogen-bond donors (Lipinski definition) is 1. The molecule has 0 saturated carbocycles. The predicted molar refractivity (Wildman–Crippen MR) is 70.5 cm³/mol. The highest BCUT2D eigenvalue weighted by atomic mass is 32.2. The van der Waals surface area contributed by atoms with Crippen molar-refractivity contribution in [1.29, 1.82) is 0 Å². The quantitative estimate of drug-likeness (QED) is 0.805. The number of rotatable bonds is 6. The molecule has 0 saturated heterocycles. The summed E-state index contributed by atoms with van der Waals surface area (Å²) >= 11 is 0. The number of hydrogen-bond acceptors (Lipinski definition) is 5. The lowest BCUT2D eigenvalue weighted by atomic mass is 10.3. The SMILES string of the molecule is CCCCCS(=O)(=O)c1cnn2c(CO)ccnc12. The van der Waals surface area contributed by atoms with Crippen LogP contribution in [-0.2, 0) is 16.4 Å². The molecule has 1 N–H and O–H groups in total. The van der Waals surface area contributed by atoms with Crippen LogP contribution in [-0.4, -0.2) is 33.9 Å². The first-order chi connectivity index (χ1) is 9.10. The Bertz CT molecular complexity index is 664. The second-order valence-electron chi connectivity index (χ2n) is 4.36. The van der Waals surface area contributed by atoms with E-state index in [4.69, 9.17) is 0 Å². The fourth-order valence-corrected chi connectivity index (χ4v) is 3.34. The van der Waals surface area contributed by atoms with Gasteiger partial charge in [-0.05, 0) is 12.5 Å². The van der Waals surface area contributed by atoms with Crippen LogP contribution in [0.2, 0.25) is 0 Å². The standard InChI is InChI=1S/C12H17N3O3S/c1-2-3-4-7-19(17,18)11-8-14-15-10(9-16)5-6-13-12(11)15/h5-6,8,16H,2-4,7,9H2,1H3. The molecule has 2 rings (SSSR count). The van der Waals surface area contributed by atoms with Crippen LogP contribution in [0.4, 0.5) is 0 Å². The molecule has 19 heavy (non-hydrogen) atoms. The zero-order valence-corrected chi connectivity index (χ0v) is 11.6. The van der Waals surface area contributed by atoms with E-state index in [-0.39, 0.29) is 22.9 Å². The molecule has 0 unspecified atom stereocenters. The lowest BCUT2D eigenvalue weighted by Gasteiger charge is -2.03. The first-order valence-corrected chi connectivity index (χ1v) is 7.90. The average molecular weight is 283 g/mol. The summed E-state index contributed by atoms with van der Waals surface area (Å²) in [5, 5.41) is 13.2. The van der Waals surface area contributed by atoms with Crippen molar-refractivity contribution in [2.75, 3.05) is 5.75 Å². The fraction of sp³-hybridized carbons (Fsp3) is 0.500. The Balaban J connectivity index is 2.40. The van der Waals surface area contributed by atoms with E-state index >= 15 is 0 Å². The van der Waals surface area contributed by atoms with E-state index in [1.54, 1.807) is 6.07 Å². The van der Waals surface area contributed by atoms with Crippen LogP contribution in [0.15, 0.2) is 23.4 Å². The zero-order valence-electron chi connectivity index (χ0n) is 10.8. The van der Waals surface area contributed by atoms with Gasteiger partial charge in [-0.1, -0.05) is 19.8 Å². The molecule has 2 heterocycles. The first-order valence-electron chi connectivity index (χ1n) is 6.25. The first kappa shape index (κ1) is 14.0. The minimum atomic E-state index is -3.37. The largest absolute Gasteiger partial charge is 0.390 e. The second kappa shape index (κ2) is 5.66. The van der Waals surface area contributed by atoms with Gasteiger partial charge in [-0.3, -0.25) is 0 Å². The summed E-state index contributed by atoms with van der Waals surface area (Å²) in [7, 11) is -3.37. The number of aromatic nitrogens is 3. The van der Waals surface area contributed by atoms with Crippen molar-refractivity contribution in [3.05, 3.63) is 24.2 Å². The zero-order chi connectivity index (χ0) is 13.9. The number of fused-ring (bicyclic) bond motifs is 1. The highest BCUT2D eigenvalue weighted by molar-refractivity contribution is 7.91. The Kier molecular flexibility index (Phi) is 4.16. The Hall–Kier alpha value is -1.47. The molecule has 0 fully saturated rings. The van der Waals surface area contributed by atoms with Gasteiger partial charge in [0.1, 0.15) is 4.90 Å². The molecule has 104 valence electrons. The molecule has 0 amide bonds. The molecule has 0 aliphatic rings. The minimum Gasteiger partial charge on any atom is -0.390 e. The lowest BCUT2D eigenvalue weighted by Crippen LogP contribution is -2.07. The average Bonchev–Trinajstić information content (AvgIpc) is 2.83. The molecule has 0 aromatic carbocycles. The van der Waals surface area contributed by atoms with E-state index < -0.39 is 9.84 Å². The summed E-state index contributed by atoms with van der Waals surface area (Å²) in [5.41, 5.74) is 0.794. The summed E-state index contributed by atoms with van der Waals surface area (Å²) in [6.07, 6.45) is 5.28. The van der Waals surface area contributed by atoms with Crippen molar-refractivity contribution in [1.82, 2.24) is 14.6 Å². The van der Waals surface area contributed by atoms with E-state index in [0.717, 1.165) is 12.8 Å². The van der Waals surface area contributed by atoms with Crippen molar-refractivity contribution in [3.63, 3.8) is 0 Å². The maximum Gasteiger partial charge on any atom is 0.183 e. The van der Waals surface area contributed by atoms with Crippen LogP contribution >= 0.6 is 0 Å². The van der Waals surface area contributed by atoms with Crippen LogP contribution in [0.1, 0.15) is 31.9 Å². The smallest absolute Gasteiger partial charge is 0.183 e. The van der Waals surface area contributed by atoms with E-state index in [0.29, 0.717) is 12.1 Å². The van der Waals surface area contributed by atoms with Crippen LogP contribution in [0, 0.1) is 0 Å². The molecule has 2 aromatic rings. The Morgan fingerprint density at radius 3 is 2.84 bits per heavy atom. The van der Waals surface area contributed by atoms with Crippen molar-refractivity contribution >= 4 is 15.5 Å². The van der Waals surface area contributed by atoms with Gasteiger partial charge >= 0.3 is 0 Å². The number of unbranched alkanes of at least 4 members (excludes halogenated alkanes) is 2. The van der Waals surface area contributed by atoms with Gasteiger partial charge in [-0.15, -0.1) is 0 Å². The van der Waals surface area contributed by atoms with Gasteiger partial charge in [0.15, 0.2) is 15.5 Å². The number of aliphatic hydroxyl groups is 1. The van der Waals surface area contributed by atoms with Crippen LogP contribution in [0.25, 0.3) is 5.65 Å². The van der Waals surface area contributed by atoms with Gasteiger partial charge < -0.3 is 5.11 Å². The van der Waals surface area contributed by atoms with Gasteiger partial charge in [-0.25, -0.2) is 17.9 Å². The second-order valence-corrected chi connectivity index (χ2v) is 6.44.